The first-order valence-electron chi connectivity index (χ1n) is 5.21. The molecular weight excluding hydrogens is 206 g/mol. The van der Waals surface area contributed by atoms with Gasteiger partial charge in [-0.2, -0.15) is 0 Å². The van der Waals surface area contributed by atoms with Crippen LogP contribution in [0, 0.1) is 5.41 Å². The van der Waals surface area contributed by atoms with Crippen molar-refractivity contribution in [2.45, 2.75) is 20.3 Å². The van der Waals surface area contributed by atoms with E-state index in [1.807, 2.05) is 26.0 Å². The normalized spacial score (nSPS) is 21.1. The van der Waals surface area contributed by atoms with Crippen molar-refractivity contribution in [3.05, 3.63) is 35.5 Å². The largest absolute Gasteiger partial charge is 0.461 e. The Morgan fingerprint density at radius 2 is 2.31 bits per heavy atom. The molecule has 2 rings (SSSR count). The number of alkyl carbamates (subject to hydrolysis) is 1. The van der Waals surface area contributed by atoms with Crippen LogP contribution >= 0.6 is 0 Å². The van der Waals surface area contributed by atoms with Crippen molar-refractivity contribution in [3.8, 4) is 0 Å². The number of carbonyl (C=O) groups is 1. The second-order valence-electron chi connectivity index (χ2n) is 4.50. The Labute approximate surface area is 94.6 Å². The predicted molar refractivity (Wildman–Crippen MR) is 59.3 cm³/mol. The van der Waals surface area contributed by atoms with Crippen molar-refractivity contribution in [1.29, 1.82) is 0 Å². The molecule has 0 unspecified atom stereocenters. The summed E-state index contributed by atoms with van der Waals surface area (Å²) in [5, 5.41) is 2.44. The molecule has 1 aliphatic carbocycles. The van der Waals surface area contributed by atoms with E-state index in [-0.39, 0.29) is 5.41 Å². The number of hydrogen-bond donors (Lipinski definition) is 1. The smallest absolute Gasteiger partial charge is 0.412 e. The first kappa shape index (κ1) is 10.8. The second kappa shape index (κ2) is 3.70. The van der Waals surface area contributed by atoms with E-state index in [2.05, 4.69) is 5.32 Å². The number of allylic oxidation sites excluding steroid dienone is 4. The second-order valence-corrected chi connectivity index (χ2v) is 4.50. The van der Waals surface area contributed by atoms with Gasteiger partial charge in [0.1, 0.15) is 0 Å². The zero-order valence-electron chi connectivity index (χ0n) is 9.66. The summed E-state index contributed by atoms with van der Waals surface area (Å²) in [5.74, 6) is 1.28. The van der Waals surface area contributed by atoms with Gasteiger partial charge in [0.15, 0.2) is 11.5 Å². The third kappa shape index (κ3) is 1.71. The summed E-state index contributed by atoms with van der Waals surface area (Å²) in [7, 11) is 1.54. The summed E-state index contributed by atoms with van der Waals surface area (Å²) in [6, 6.07) is 0. The molecule has 0 bridgehead atoms. The van der Waals surface area contributed by atoms with Crippen LogP contribution < -0.4 is 5.32 Å². The zero-order valence-corrected chi connectivity index (χ0v) is 9.66. The minimum absolute atomic E-state index is 0.209. The van der Waals surface area contributed by atoms with Crippen molar-refractivity contribution in [1.82, 2.24) is 5.32 Å². The first-order chi connectivity index (χ1) is 7.54. The van der Waals surface area contributed by atoms with Gasteiger partial charge < -0.3 is 14.8 Å². The van der Waals surface area contributed by atoms with Crippen LogP contribution in [0.15, 0.2) is 35.5 Å². The maximum absolute atomic E-state index is 11.3. The van der Waals surface area contributed by atoms with E-state index >= 15 is 0 Å². The molecule has 0 aromatic rings. The molecule has 0 aromatic heterocycles. The highest BCUT2D eigenvalue weighted by atomic mass is 16.6. The van der Waals surface area contributed by atoms with Crippen LogP contribution in [0.25, 0.3) is 0 Å². The standard InChI is InChI=1S/C12H15NO3/c1-12(2)7-8-5-4-6-15-9(8)10(12)16-11(14)13-3/h4-6H,7H2,1-3H3,(H,13,14). The Morgan fingerprint density at radius 3 is 3.00 bits per heavy atom. The molecule has 0 saturated carbocycles. The van der Waals surface area contributed by atoms with Gasteiger partial charge in [0.25, 0.3) is 0 Å². The molecule has 86 valence electrons. The van der Waals surface area contributed by atoms with E-state index in [0.717, 1.165) is 12.0 Å². The van der Waals surface area contributed by atoms with Gasteiger partial charge >= 0.3 is 6.09 Å². The highest BCUT2D eigenvalue weighted by Gasteiger charge is 2.40. The number of ether oxygens (including phenoxy) is 2. The Balaban J connectivity index is 2.34. The summed E-state index contributed by atoms with van der Waals surface area (Å²) in [5.41, 5.74) is 0.867. The number of hydrogen-bond acceptors (Lipinski definition) is 3. The molecule has 4 nitrogen and oxygen atoms in total. The lowest BCUT2D eigenvalue weighted by Gasteiger charge is -2.20. The molecule has 1 aliphatic heterocycles. The number of amides is 1. The average molecular weight is 221 g/mol. The van der Waals surface area contributed by atoms with E-state index < -0.39 is 6.09 Å². The van der Waals surface area contributed by atoms with Crippen LogP contribution in [-0.2, 0) is 9.47 Å². The van der Waals surface area contributed by atoms with E-state index in [1.54, 1.807) is 6.26 Å². The van der Waals surface area contributed by atoms with Gasteiger partial charge in [-0.1, -0.05) is 19.9 Å². The third-order valence-corrected chi connectivity index (χ3v) is 2.71. The van der Waals surface area contributed by atoms with Crippen LogP contribution in [-0.4, -0.2) is 13.1 Å². The lowest BCUT2D eigenvalue weighted by Crippen LogP contribution is -2.23. The molecule has 1 N–H and O–H groups in total. The summed E-state index contributed by atoms with van der Waals surface area (Å²) in [4.78, 5) is 11.3. The molecule has 0 aromatic carbocycles. The highest BCUT2D eigenvalue weighted by Crippen LogP contribution is 2.47. The minimum Gasteiger partial charge on any atom is -0.461 e. The molecule has 0 radical (unpaired) electrons. The monoisotopic (exact) mass is 221 g/mol. The lowest BCUT2D eigenvalue weighted by atomic mass is 9.90. The van der Waals surface area contributed by atoms with Gasteiger partial charge in [-0.15, -0.1) is 0 Å². The van der Waals surface area contributed by atoms with Gasteiger partial charge in [0, 0.05) is 12.5 Å². The average Bonchev–Trinajstić information content (AvgIpc) is 2.50. The van der Waals surface area contributed by atoms with E-state index in [4.69, 9.17) is 9.47 Å². The summed E-state index contributed by atoms with van der Waals surface area (Å²) in [6.07, 6.45) is 5.78. The fraction of sp³-hybridized carbons (Fsp3) is 0.417. The Bertz CT molecular complexity index is 416. The summed E-state index contributed by atoms with van der Waals surface area (Å²) in [6.45, 7) is 4.06. The molecule has 0 saturated heterocycles. The van der Waals surface area contributed by atoms with Crippen LogP contribution in [0.3, 0.4) is 0 Å². The van der Waals surface area contributed by atoms with Crippen molar-refractivity contribution in [2.24, 2.45) is 5.41 Å². The highest BCUT2D eigenvalue weighted by molar-refractivity contribution is 5.69. The van der Waals surface area contributed by atoms with Gasteiger partial charge in [-0.25, -0.2) is 4.79 Å². The zero-order chi connectivity index (χ0) is 11.8. The third-order valence-electron chi connectivity index (χ3n) is 2.71. The van der Waals surface area contributed by atoms with Crippen LogP contribution in [0.1, 0.15) is 20.3 Å². The van der Waals surface area contributed by atoms with Gasteiger partial charge in [-0.05, 0) is 18.1 Å². The van der Waals surface area contributed by atoms with Crippen molar-refractivity contribution in [2.75, 3.05) is 7.05 Å². The summed E-state index contributed by atoms with van der Waals surface area (Å²) < 4.78 is 10.7. The molecule has 1 amide bonds. The maximum Gasteiger partial charge on any atom is 0.412 e. The van der Waals surface area contributed by atoms with Gasteiger partial charge in [0.05, 0.1) is 6.26 Å². The Morgan fingerprint density at radius 1 is 1.56 bits per heavy atom. The SMILES string of the molecule is CNC(=O)OC1=C2OC=CC=C2CC1(C)C. The molecular formula is C12H15NO3. The Hall–Kier alpha value is -1.71. The number of nitrogens with one attached hydrogen (secondary N) is 1. The fourth-order valence-electron chi connectivity index (χ4n) is 1.94. The van der Waals surface area contributed by atoms with Crippen LogP contribution in [0.5, 0.6) is 0 Å². The molecule has 0 fully saturated rings. The van der Waals surface area contributed by atoms with Gasteiger partial charge in [0.2, 0.25) is 0 Å². The number of rotatable bonds is 1. The van der Waals surface area contributed by atoms with E-state index in [0.29, 0.717) is 11.5 Å². The maximum atomic E-state index is 11.3. The Kier molecular flexibility index (Phi) is 2.50. The van der Waals surface area contributed by atoms with Gasteiger partial charge in [-0.3, -0.25) is 0 Å². The molecule has 16 heavy (non-hydrogen) atoms. The molecule has 4 heteroatoms. The van der Waals surface area contributed by atoms with E-state index in [1.165, 1.54) is 7.05 Å². The van der Waals surface area contributed by atoms with Crippen LogP contribution in [0.4, 0.5) is 4.79 Å². The van der Waals surface area contributed by atoms with Crippen molar-refractivity contribution < 1.29 is 14.3 Å². The van der Waals surface area contributed by atoms with Crippen molar-refractivity contribution in [3.63, 3.8) is 0 Å². The molecule has 0 spiro atoms. The van der Waals surface area contributed by atoms with Crippen LogP contribution in [0.2, 0.25) is 0 Å². The van der Waals surface area contributed by atoms with E-state index in [9.17, 15) is 4.79 Å². The quantitative estimate of drug-likeness (QED) is 0.739. The summed E-state index contributed by atoms with van der Waals surface area (Å²) >= 11 is 0. The topological polar surface area (TPSA) is 47.6 Å². The lowest BCUT2D eigenvalue weighted by molar-refractivity contribution is 0.149. The molecule has 2 aliphatic rings. The number of carbonyl (C=O) groups excluding carboxylic acids is 1. The predicted octanol–water partition coefficient (Wildman–Crippen LogP) is 2.45. The fourth-order valence-corrected chi connectivity index (χ4v) is 1.94. The minimum atomic E-state index is -0.463. The van der Waals surface area contributed by atoms with Crippen molar-refractivity contribution >= 4 is 6.09 Å². The molecule has 1 heterocycles. The first-order valence-corrected chi connectivity index (χ1v) is 5.21. The number of fused-ring (bicyclic) bond motifs is 1. The molecule has 0 atom stereocenters.